The molecule has 0 amide bonds. The number of carbonyl (C=O) groups excluding carboxylic acids is 1. The van der Waals surface area contributed by atoms with Gasteiger partial charge in [-0.15, -0.1) is 11.3 Å². The van der Waals surface area contributed by atoms with Crippen molar-refractivity contribution in [1.29, 1.82) is 0 Å². The summed E-state index contributed by atoms with van der Waals surface area (Å²) in [6.45, 7) is 0. The number of hydrogen-bond donors (Lipinski definition) is 0. The van der Waals surface area contributed by atoms with Crippen molar-refractivity contribution in [2.24, 2.45) is 0 Å². The summed E-state index contributed by atoms with van der Waals surface area (Å²) in [6.07, 6.45) is 1.38. The number of carboxylic acids is 1. The molecule has 1 heterocycles. The van der Waals surface area contributed by atoms with Crippen molar-refractivity contribution in [2.45, 2.75) is 6.42 Å². The van der Waals surface area contributed by atoms with Crippen LogP contribution in [0.4, 0.5) is 5.69 Å². The SMILES string of the molecule is O=C([O-])C/C(=C\c1ccc([N+](=O)[O-])cc1)c1nc2ccccc2s1. The zero-order valence-electron chi connectivity index (χ0n) is 12.3. The van der Waals surface area contributed by atoms with E-state index >= 15 is 0 Å². The number of thiazole rings is 1. The maximum Gasteiger partial charge on any atom is 0.269 e. The summed E-state index contributed by atoms with van der Waals surface area (Å²) in [5, 5.41) is 22.4. The van der Waals surface area contributed by atoms with Gasteiger partial charge in [-0.1, -0.05) is 12.1 Å². The number of carbonyl (C=O) groups is 1. The highest BCUT2D eigenvalue weighted by Crippen LogP contribution is 2.30. The fourth-order valence-electron chi connectivity index (χ4n) is 2.25. The van der Waals surface area contributed by atoms with Gasteiger partial charge in [-0.2, -0.15) is 0 Å². The van der Waals surface area contributed by atoms with Crippen LogP contribution in [-0.2, 0) is 4.79 Å². The van der Waals surface area contributed by atoms with Crippen molar-refractivity contribution in [3.05, 3.63) is 69.2 Å². The van der Waals surface area contributed by atoms with Crippen LogP contribution >= 0.6 is 11.3 Å². The summed E-state index contributed by atoms with van der Waals surface area (Å²) < 4.78 is 0.959. The standard InChI is InChI=1S/C17H12N2O4S/c20-16(21)10-12(9-11-5-7-13(8-6-11)19(22)23)17-18-14-3-1-2-4-15(14)24-17/h1-9H,10H2,(H,20,21)/p-1/b12-9+. The second-order valence-corrected chi connectivity index (χ2v) is 6.08. The molecule has 0 aliphatic rings. The van der Waals surface area contributed by atoms with E-state index in [2.05, 4.69) is 4.98 Å². The summed E-state index contributed by atoms with van der Waals surface area (Å²) >= 11 is 1.40. The molecule has 0 aliphatic carbocycles. The molecule has 0 aliphatic heterocycles. The number of fused-ring (bicyclic) bond motifs is 1. The molecular formula is C17H11N2O4S-. The lowest BCUT2D eigenvalue weighted by molar-refractivity contribution is -0.384. The van der Waals surface area contributed by atoms with Gasteiger partial charge in [0.15, 0.2) is 0 Å². The highest BCUT2D eigenvalue weighted by molar-refractivity contribution is 7.19. The van der Waals surface area contributed by atoms with E-state index in [1.54, 1.807) is 18.2 Å². The molecule has 0 bridgehead atoms. The van der Waals surface area contributed by atoms with Crippen LogP contribution in [0.5, 0.6) is 0 Å². The van der Waals surface area contributed by atoms with Gasteiger partial charge in [0.2, 0.25) is 0 Å². The molecule has 120 valence electrons. The predicted molar refractivity (Wildman–Crippen MR) is 90.2 cm³/mol. The van der Waals surface area contributed by atoms with Gasteiger partial charge < -0.3 is 9.90 Å². The van der Waals surface area contributed by atoms with Crippen LogP contribution in [0.15, 0.2) is 48.5 Å². The molecule has 0 spiro atoms. The zero-order chi connectivity index (χ0) is 17.1. The Morgan fingerprint density at radius 2 is 1.88 bits per heavy atom. The molecule has 7 heteroatoms. The molecule has 1 aromatic heterocycles. The molecule has 3 rings (SSSR count). The molecule has 0 fully saturated rings. The van der Waals surface area contributed by atoms with Gasteiger partial charge in [-0.05, 0) is 41.5 Å². The van der Waals surface area contributed by atoms with Crippen molar-refractivity contribution in [3.63, 3.8) is 0 Å². The van der Waals surface area contributed by atoms with E-state index in [0.29, 0.717) is 16.1 Å². The van der Waals surface area contributed by atoms with Crippen LogP contribution in [0, 0.1) is 10.1 Å². The van der Waals surface area contributed by atoms with E-state index in [-0.39, 0.29) is 12.1 Å². The minimum absolute atomic E-state index is 0.0198. The molecule has 0 saturated carbocycles. The molecule has 0 unspecified atom stereocenters. The number of hydrogen-bond acceptors (Lipinski definition) is 6. The second kappa shape index (κ2) is 6.59. The van der Waals surface area contributed by atoms with Gasteiger partial charge in [0.05, 0.1) is 15.1 Å². The zero-order valence-corrected chi connectivity index (χ0v) is 13.2. The van der Waals surface area contributed by atoms with Gasteiger partial charge in [0.1, 0.15) is 5.01 Å². The largest absolute Gasteiger partial charge is 0.550 e. The molecule has 2 aromatic carbocycles. The van der Waals surface area contributed by atoms with Crippen molar-refractivity contribution >= 4 is 44.9 Å². The lowest BCUT2D eigenvalue weighted by atomic mass is 10.1. The van der Waals surface area contributed by atoms with Crippen LogP contribution in [0.25, 0.3) is 21.9 Å². The average molecular weight is 339 g/mol. The minimum atomic E-state index is -1.21. The monoisotopic (exact) mass is 339 g/mol. The number of para-hydroxylation sites is 1. The third-order valence-electron chi connectivity index (χ3n) is 3.35. The van der Waals surface area contributed by atoms with Crippen LogP contribution < -0.4 is 5.11 Å². The molecular weight excluding hydrogens is 328 g/mol. The maximum absolute atomic E-state index is 11.1. The number of nitrogens with zero attached hydrogens (tertiary/aromatic N) is 2. The van der Waals surface area contributed by atoms with Crippen molar-refractivity contribution < 1.29 is 14.8 Å². The normalized spacial score (nSPS) is 11.6. The number of carboxylic acid groups (broad SMARTS) is 1. The topological polar surface area (TPSA) is 96.2 Å². The van der Waals surface area contributed by atoms with Gasteiger partial charge >= 0.3 is 0 Å². The van der Waals surface area contributed by atoms with Crippen LogP contribution in [0.1, 0.15) is 17.0 Å². The third kappa shape index (κ3) is 3.47. The van der Waals surface area contributed by atoms with E-state index in [1.165, 1.54) is 23.5 Å². The van der Waals surface area contributed by atoms with Crippen LogP contribution in [0.3, 0.4) is 0 Å². The van der Waals surface area contributed by atoms with Gasteiger partial charge in [0, 0.05) is 24.5 Å². The first-order chi connectivity index (χ1) is 11.5. The predicted octanol–water partition coefficient (Wildman–Crippen LogP) is 2.89. The lowest BCUT2D eigenvalue weighted by Crippen LogP contribution is -2.22. The Kier molecular flexibility index (Phi) is 4.35. The van der Waals surface area contributed by atoms with E-state index in [0.717, 1.165) is 10.2 Å². The number of non-ortho nitro benzene ring substituents is 1. The van der Waals surface area contributed by atoms with Crippen molar-refractivity contribution in [3.8, 4) is 0 Å². The summed E-state index contributed by atoms with van der Waals surface area (Å²) in [6, 6.07) is 13.4. The Bertz CT molecular complexity index is 912. The lowest BCUT2D eigenvalue weighted by Gasteiger charge is -2.05. The minimum Gasteiger partial charge on any atom is -0.550 e. The van der Waals surface area contributed by atoms with E-state index in [9.17, 15) is 20.0 Å². The average Bonchev–Trinajstić information content (AvgIpc) is 2.98. The fourth-order valence-corrected chi connectivity index (χ4v) is 3.23. The molecule has 6 nitrogen and oxygen atoms in total. The molecule has 0 atom stereocenters. The van der Waals surface area contributed by atoms with Crippen molar-refractivity contribution in [1.82, 2.24) is 4.98 Å². The summed E-state index contributed by atoms with van der Waals surface area (Å²) in [4.78, 5) is 25.7. The van der Waals surface area contributed by atoms with E-state index in [4.69, 9.17) is 0 Å². The number of nitro groups is 1. The Hall–Kier alpha value is -3.06. The maximum atomic E-state index is 11.1. The Balaban J connectivity index is 2.01. The van der Waals surface area contributed by atoms with Gasteiger partial charge in [-0.3, -0.25) is 10.1 Å². The van der Waals surface area contributed by atoms with E-state index < -0.39 is 10.9 Å². The highest BCUT2D eigenvalue weighted by atomic mass is 32.1. The third-order valence-corrected chi connectivity index (χ3v) is 4.46. The number of benzene rings is 2. The molecule has 24 heavy (non-hydrogen) atoms. The Morgan fingerprint density at radius 1 is 1.17 bits per heavy atom. The molecule has 0 N–H and O–H groups in total. The Labute approximate surface area is 140 Å². The van der Waals surface area contributed by atoms with Crippen LogP contribution in [0.2, 0.25) is 0 Å². The number of aromatic nitrogens is 1. The smallest absolute Gasteiger partial charge is 0.269 e. The van der Waals surface area contributed by atoms with Crippen molar-refractivity contribution in [2.75, 3.05) is 0 Å². The number of aliphatic carboxylic acids is 1. The van der Waals surface area contributed by atoms with Gasteiger partial charge in [0.25, 0.3) is 5.69 Å². The van der Waals surface area contributed by atoms with Gasteiger partial charge in [-0.25, -0.2) is 4.98 Å². The van der Waals surface area contributed by atoms with Crippen LogP contribution in [-0.4, -0.2) is 15.9 Å². The highest BCUT2D eigenvalue weighted by Gasteiger charge is 2.10. The first-order valence-corrected chi connectivity index (χ1v) is 7.85. The summed E-state index contributed by atoms with van der Waals surface area (Å²) in [7, 11) is 0. The first-order valence-electron chi connectivity index (χ1n) is 7.04. The number of nitro benzene ring substituents is 1. The fraction of sp³-hybridized carbons (Fsp3) is 0.0588. The van der Waals surface area contributed by atoms with E-state index in [1.807, 2.05) is 24.3 Å². The second-order valence-electron chi connectivity index (χ2n) is 5.05. The molecule has 0 radical (unpaired) electrons. The summed E-state index contributed by atoms with van der Waals surface area (Å²) in [5.41, 5.74) is 1.94. The Morgan fingerprint density at radius 3 is 2.50 bits per heavy atom. The summed E-state index contributed by atoms with van der Waals surface area (Å²) in [5.74, 6) is -1.21. The molecule has 3 aromatic rings. The molecule has 0 saturated heterocycles. The first kappa shape index (κ1) is 15.8. The number of rotatable bonds is 5. The quantitative estimate of drug-likeness (QED) is 0.526.